The number of carbonyl (C=O) groups is 2. The highest BCUT2D eigenvalue weighted by molar-refractivity contribution is 5.96. The third-order valence-electron chi connectivity index (χ3n) is 2.88. The molecule has 0 unspecified atom stereocenters. The molecule has 1 aromatic rings. The van der Waals surface area contributed by atoms with E-state index in [2.05, 4.69) is 5.32 Å². The molecule has 5 heteroatoms. The maximum absolute atomic E-state index is 11.9. The van der Waals surface area contributed by atoms with E-state index in [1.54, 1.807) is 24.3 Å². The second kappa shape index (κ2) is 5.53. The zero-order valence-corrected chi connectivity index (χ0v) is 10.6. The maximum atomic E-state index is 11.9. The summed E-state index contributed by atoms with van der Waals surface area (Å²) < 4.78 is 5.05. The van der Waals surface area contributed by atoms with Crippen LogP contribution in [0.25, 0.3) is 0 Å². The highest BCUT2D eigenvalue weighted by atomic mass is 16.5. The van der Waals surface area contributed by atoms with E-state index in [9.17, 15) is 9.59 Å². The molecule has 5 nitrogen and oxygen atoms in total. The number of ether oxygens (including phenoxy) is 1. The summed E-state index contributed by atoms with van der Waals surface area (Å²) in [6.07, 6.45) is 0.814. The molecule has 1 amide bonds. The molecule has 98 valence electrons. The SMILES string of the molecule is C[C@H](OC(=O)C1CC1)C(=O)Nc1ccccc1C#N. The number of carbonyl (C=O) groups excluding carboxylic acids is 2. The van der Waals surface area contributed by atoms with Crippen LogP contribution in [0.15, 0.2) is 24.3 Å². The number of nitrogens with zero attached hydrogens (tertiary/aromatic N) is 1. The van der Waals surface area contributed by atoms with E-state index in [0.717, 1.165) is 12.8 Å². The molecule has 1 fully saturated rings. The topological polar surface area (TPSA) is 79.2 Å². The minimum atomic E-state index is -0.861. The second-order valence-electron chi connectivity index (χ2n) is 4.50. The van der Waals surface area contributed by atoms with Crippen molar-refractivity contribution in [2.75, 3.05) is 5.32 Å². The third kappa shape index (κ3) is 3.32. The van der Waals surface area contributed by atoms with Crippen LogP contribution in [-0.4, -0.2) is 18.0 Å². The summed E-state index contributed by atoms with van der Waals surface area (Å²) >= 11 is 0. The van der Waals surface area contributed by atoms with Gasteiger partial charge in [0.15, 0.2) is 6.10 Å². The van der Waals surface area contributed by atoms with E-state index in [0.29, 0.717) is 11.3 Å². The van der Waals surface area contributed by atoms with Crippen molar-refractivity contribution in [3.05, 3.63) is 29.8 Å². The van der Waals surface area contributed by atoms with Crippen molar-refractivity contribution >= 4 is 17.6 Å². The molecule has 0 aromatic heterocycles. The number of nitriles is 1. The van der Waals surface area contributed by atoms with Crippen molar-refractivity contribution in [1.82, 2.24) is 0 Å². The van der Waals surface area contributed by atoms with Crippen molar-refractivity contribution in [1.29, 1.82) is 5.26 Å². The predicted octanol–water partition coefficient (Wildman–Crippen LogP) is 1.84. The Morgan fingerprint density at radius 3 is 2.74 bits per heavy atom. The minimum absolute atomic E-state index is 0.0401. The van der Waals surface area contributed by atoms with E-state index in [1.165, 1.54) is 6.92 Å². The van der Waals surface area contributed by atoms with Gasteiger partial charge in [0.05, 0.1) is 17.2 Å². The van der Waals surface area contributed by atoms with E-state index in [1.807, 2.05) is 6.07 Å². The summed E-state index contributed by atoms with van der Waals surface area (Å²) in [6.45, 7) is 1.52. The Labute approximate surface area is 111 Å². The van der Waals surface area contributed by atoms with Crippen LogP contribution in [0, 0.1) is 17.2 Å². The molecule has 1 atom stereocenters. The third-order valence-corrected chi connectivity index (χ3v) is 2.88. The quantitative estimate of drug-likeness (QED) is 0.836. The minimum Gasteiger partial charge on any atom is -0.452 e. The summed E-state index contributed by atoms with van der Waals surface area (Å²) in [5.41, 5.74) is 0.792. The lowest BCUT2D eigenvalue weighted by Gasteiger charge is -2.13. The number of para-hydroxylation sites is 1. The molecule has 0 radical (unpaired) electrons. The van der Waals surface area contributed by atoms with E-state index < -0.39 is 12.0 Å². The number of nitrogens with one attached hydrogen (secondary N) is 1. The molecule has 0 aliphatic heterocycles. The number of esters is 1. The first kappa shape index (κ1) is 13.1. The molecule has 1 aliphatic carbocycles. The van der Waals surface area contributed by atoms with Crippen molar-refractivity contribution in [2.45, 2.75) is 25.9 Å². The van der Waals surface area contributed by atoms with Gasteiger partial charge in [-0.1, -0.05) is 12.1 Å². The Morgan fingerprint density at radius 2 is 2.11 bits per heavy atom. The summed E-state index contributed by atoms with van der Waals surface area (Å²) in [7, 11) is 0. The van der Waals surface area contributed by atoms with E-state index in [4.69, 9.17) is 10.00 Å². The first-order valence-corrected chi connectivity index (χ1v) is 6.12. The first-order valence-electron chi connectivity index (χ1n) is 6.12. The second-order valence-corrected chi connectivity index (χ2v) is 4.50. The van der Waals surface area contributed by atoms with Crippen LogP contribution in [0.4, 0.5) is 5.69 Å². The molecule has 19 heavy (non-hydrogen) atoms. The highest BCUT2D eigenvalue weighted by Gasteiger charge is 2.33. The Balaban J connectivity index is 1.96. The van der Waals surface area contributed by atoms with Gasteiger partial charge in [-0.3, -0.25) is 9.59 Å². The van der Waals surface area contributed by atoms with Crippen LogP contribution in [-0.2, 0) is 14.3 Å². The van der Waals surface area contributed by atoms with Crippen molar-refractivity contribution in [3.8, 4) is 6.07 Å². The molecule has 1 aromatic carbocycles. The predicted molar refractivity (Wildman–Crippen MR) is 68.1 cm³/mol. The van der Waals surface area contributed by atoms with Gasteiger partial charge in [-0.15, -0.1) is 0 Å². The van der Waals surface area contributed by atoms with Crippen molar-refractivity contribution < 1.29 is 14.3 Å². The normalized spacial score (nSPS) is 15.2. The fourth-order valence-electron chi connectivity index (χ4n) is 1.57. The number of rotatable bonds is 4. The average Bonchev–Trinajstić information content (AvgIpc) is 3.23. The van der Waals surface area contributed by atoms with Gasteiger partial charge in [-0.05, 0) is 31.9 Å². The average molecular weight is 258 g/mol. The molecule has 0 spiro atoms. The Kier molecular flexibility index (Phi) is 3.81. The number of hydrogen-bond donors (Lipinski definition) is 1. The van der Waals surface area contributed by atoms with Crippen molar-refractivity contribution in [2.24, 2.45) is 5.92 Å². The van der Waals surface area contributed by atoms with Crippen LogP contribution < -0.4 is 5.32 Å². The summed E-state index contributed by atoms with van der Waals surface area (Å²) in [5, 5.41) is 11.5. The smallest absolute Gasteiger partial charge is 0.309 e. The van der Waals surface area contributed by atoms with Crippen LogP contribution in [0.3, 0.4) is 0 Å². The van der Waals surface area contributed by atoms with Gasteiger partial charge >= 0.3 is 5.97 Å². The Bertz CT molecular complexity index is 544. The van der Waals surface area contributed by atoms with Gasteiger partial charge in [0.2, 0.25) is 0 Å². The molecule has 1 N–H and O–H groups in total. The monoisotopic (exact) mass is 258 g/mol. The number of amides is 1. The maximum Gasteiger partial charge on any atom is 0.309 e. The molecular formula is C14H14N2O3. The molecule has 1 saturated carbocycles. The molecule has 0 saturated heterocycles. The Hall–Kier alpha value is -2.35. The number of hydrogen-bond acceptors (Lipinski definition) is 4. The fourth-order valence-corrected chi connectivity index (χ4v) is 1.57. The van der Waals surface area contributed by atoms with Gasteiger partial charge in [-0.2, -0.15) is 5.26 Å². The number of benzene rings is 1. The lowest BCUT2D eigenvalue weighted by molar-refractivity contribution is -0.154. The zero-order valence-electron chi connectivity index (χ0n) is 10.6. The highest BCUT2D eigenvalue weighted by Crippen LogP contribution is 2.30. The molecule has 2 rings (SSSR count). The van der Waals surface area contributed by atoms with Gasteiger partial charge in [0, 0.05) is 0 Å². The van der Waals surface area contributed by atoms with E-state index >= 15 is 0 Å². The van der Waals surface area contributed by atoms with Crippen molar-refractivity contribution in [3.63, 3.8) is 0 Å². The summed E-state index contributed by atoms with van der Waals surface area (Å²) in [6, 6.07) is 8.66. The lowest BCUT2D eigenvalue weighted by atomic mass is 10.2. The molecule has 1 aliphatic rings. The van der Waals surface area contributed by atoms with Crippen LogP contribution in [0.1, 0.15) is 25.3 Å². The summed E-state index contributed by atoms with van der Waals surface area (Å²) in [4.78, 5) is 23.3. The van der Waals surface area contributed by atoms with Crippen LogP contribution >= 0.6 is 0 Å². The lowest BCUT2D eigenvalue weighted by Crippen LogP contribution is -2.30. The van der Waals surface area contributed by atoms with Crippen LogP contribution in [0.5, 0.6) is 0 Å². The molecule has 0 bridgehead atoms. The zero-order chi connectivity index (χ0) is 13.8. The van der Waals surface area contributed by atoms with Crippen LogP contribution in [0.2, 0.25) is 0 Å². The standard InChI is InChI=1S/C14H14N2O3/c1-9(19-14(18)10-6-7-10)13(17)16-12-5-3-2-4-11(12)8-15/h2-5,9-10H,6-7H2,1H3,(H,16,17)/t9-/m0/s1. The van der Waals surface area contributed by atoms with Gasteiger partial charge in [0.25, 0.3) is 5.91 Å². The van der Waals surface area contributed by atoms with Gasteiger partial charge < -0.3 is 10.1 Å². The molecule has 0 heterocycles. The summed E-state index contributed by atoms with van der Waals surface area (Å²) in [5.74, 6) is -0.797. The molecular weight excluding hydrogens is 244 g/mol. The largest absolute Gasteiger partial charge is 0.452 e. The van der Waals surface area contributed by atoms with Gasteiger partial charge in [0.1, 0.15) is 6.07 Å². The Morgan fingerprint density at radius 1 is 1.42 bits per heavy atom. The van der Waals surface area contributed by atoms with E-state index in [-0.39, 0.29) is 11.9 Å². The number of anilines is 1. The van der Waals surface area contributed by atoms with Gasteiger partial charge in [-0.25, -0.2) is 0 Å². The first-order chi connectivity index (χ1) is 9.11. The fraction of sp³-hybridized carbons (Fsp3) is 0.357.